The highest BCUT2D eigenvalue weighted by Crippen LogP contribution is 2.34. The number of esters is 1. The second kappa shape index (κ2) is 11.9. The Labute approximate surface area is 213 Å². The van der Waals surface area contributed by atoms with Crippen molar-refractivity contribution in [1.29, 1.82) is 0 Å². The standard InChI is InChI=1S/C29H38N2O5/c1-20(2)36-26(33)29(19-28(5,6)7,30-27(34)35-18-23-12-10-9-11-13-23)22(4)15-16-24-21(3)14-17-25(32)31(24)8/h9-17,20H,4,18-19H2,1-3,5-8H3,(H,30,34)/b16-15-/t29-/m1/s1. The number of hydrogen-bond donors (Lipinski definition) is 1. The zero-order valence-electron chi connectivity index (χ0n) is 22.4. The Hall–Kier alpha value is -3.61. The average Bonchev–Trinajstić information content (AvgIpc) is 2.79. The van der Waals surface area contributed by atoms with Crippen LogP contribution >= 0.6 is 0 Å². The summed E-state index contributed by atoms with van der Waals surface area (Å²) in [5, 5.41) is 2.78. The smallest absolute Gasteiger partial charge is 0.408 e. The first-order valence-corrected chi connectivity index (χ1v) is 12.0. The molecule has 0 spiro atoms. The number of rotatable bonds is 9. The fourth-order valence-electron chi connectivity index (χ4n) is 3.88. The van der Waals surface area contributed by atoms with Gasteiger partial charge in [0, 0.05) is 18.8 Å². The maximum Gasteiger partial charge on any atom is 0.408 e. The lowest BCUT2D eigenvalue weighted by molar-refractivity contribution is -0.154. The van der Waals surface area contributed by atoms with Crippen LogP contribution in [0.25, 0.3) is 6.08 Å². The topological polar surface area (TPSA) is 86.6 Å². The third-order valence-electron chi connectivity index (χ3n) is 5.58. The number of carbonyl (C=O) groups is 2. The van der Waals surface area contributed by atoms with Gasteiger partial charge in [-0.15, -0.1) is 0 Å². The maximum atomic E-state index is 13.6. The Morgan fingerprint density at radius 1 is 1.11 bits per heavy atom. The van der Waals surface area contributed by atoms with Crippen molar-refractivity contribution in [2.45, 2.75) is 66.2 Å². The lowest BCUT2D eigenvalue weighted by Crippen LogP contribution is -2.58. The molecule has 1 amide bonds. The van der Waals surface area contributed by atoms with Gasteiger partial charge in [0.15, 0.2) is 5.54 Å². The number of nitrogens with zero attached hydrogens (tertiary/aromatic N) is 1. The summed E-state index contributed by atoms with van der Waals surface area (Å²) < 4.78 is 12.6. The number of amides is 1. The maximum absolute atomic E-state index is 13.6. The molecule has 1 aromatic heterocycles. The first-order valence-electron chi connectivity index (χ1n) is 12.0. The van der Waals surface area contributed by atoms with Crippen LogP contribution in [-0.2, 0) is 27.9 Å². The van der Waals surface area contributed by atoms with E-state index < -0.39 is 29.1 Å². The molecule has 0 fully saturated rings. The van der Waals surface area contributed by atoms with Gasteiger partial charge in [-0.1, -0.05) is 69.8 Å². The number of ether oxygens (including phenoxy) is 2. The van der Waals surface area contributed by atoms with Gasteiger partial charge in [-0.25, -0.2) is 9.59 Å². The van der Waals surface area contributed by atoms with Crippen LogP contribution in [0.2, 0.25) is 0 Å². The molecule has 0 saturated carbocycles. The number of aryl methyl sites for hydroxylation is 1. The van der Waals surface area contributed by atoms with Crippen molar-refractivity contribution in [2.24, 2.45) is 12.5 Å². The molecule has 7 nitrogen and oxygen atoms in total. The fraction of sp³-hybridized carbons (Fsp3) is 0.414. The van der Waals surface area contributed by atoms with Crippen molar-refractivity contribution in [3.8, 4) is 0 Å². The Morgan fingerprint density at radius 3 is 2.33 bits per heavy atom. The summed E-state index contributed by atoms with van der Waals surface area (Å²) in [6, 6.07) is 12.5. The summed E-state index contributed by atoms with van der Waals surface area (Å²) in [4.78, 5) is 38.7. The average molecular weight is 495 g/mol. The number of nitrogens with one attached hydrogen (secondary N) is 1. The molecule has 0 bridgehead atoms. The van der Waals surface area contributed by atoms with E-state index in [0.29, 0.717) is 11.3 Å². The molecular formula is C29H38N2O5. The van der Waals surface area contributed by atoms with Gasteiger partial charge in [0.1, 0.15) is 6.61 Å². The SMILES string of the molecule is C=C(/C=C\c1c(C)ccc(=O)n1C)[C@@](CC(C)(C)C)(NC(=O)OCc1ccccc1)C(=O)OC(C)C. The second-order valence-electron chi connectivity index (χ2n) is 10.4. The van der Waals surface area contributed by atoms with Gasteiger partial charge in [-0.3, -0.25) is 4.79 Å². The number of aromatic nitrogens is 1. The van der Waals surface area contributed by atoms with E-state index in [4.69, 9.17) is 9.47 Å². The molecule has 194 valence electrons. The summed E-state index contributed by atoms with van der Waals surface area (Å²) in [5.41, 5.74) is 0.533. The number of benzene rings is 1. The first-order chi connectivity index (χ1) is 16.7. The lowest BCUT2D eigenvalue weighted by Gasteiger charge is -2.38. The Morgan fingerprint density at radius 2 is 1.75 bits per heavy atom. The Balaban J connectivity index is 2.48. The predicted molar refractivity (Wildman–Crippen MR) is 142 cm³/mol. The van der Waals surface area contributed by atoms with E-state index in [1.165, 1.54) is 10.6 Å². The van der Waals surface area contributed by atoms with E-state index in [1.54, 1.807) is 39.1 Å². The van der Waals surface area contributed by atoms with Gasteiger partial charge in [0.05, 0.1) is 6.10 Å². The highest BCUT2D eigenvalue weighted by atomic mass is 16.6. The van der Waals surface area contributed by atoms with Crippen LogP contribution in [0.1, 0.15) is 57.9 Å². The molecule has 1 heterocycles. The zero-order chi connectivity index (χ0) is 27.1. The minimum atomic E-state index is -1.59. The second-order valence-corrected chi connectivity index (χ2v) is 10.4. The molecule has 0 unspecified atom stereocenters. The van der Waals surface area contributed by atoms with Gasteiger partial charge in [-0.2, -0.15) is 0 Å². The fourth-order valence-corrected chi connectivity index (χ4v) is 3.88. The van der Waals surface area contributed by atoms with Crippen molar-refractivity contribution in [1.82, 2.24) is 9.88 Å². The van der Waals surface area contributed by atoms with Crippen molar-refractivity contribution in [2.75, 3.05) is 0 Å². The van der Waals surface area contributed by atoms with Crippen LogP contribution < -0.4 is 10.9 Å². The van der Waals surface area contributed by atoms with Gasteiger partial charge in [-0.05, 0) is 55.4 Å². The third kappa shape index (κ3) is 7.70. The van der Waals surface area contributed by atoms with Crippen LogP contribution in [0.5, 0.6) is 0 Å². The van der Waals surface area contributed by atoms with Gasteiger partial charge in [0.2, 0.25) is 0 Å². The third-order valence-corrected chi connectivity index (χ3v) is 5.58. The summed E-state index contributed by atoms with van der Waals surface area (Å²) in [7, 11) is 1.67. The number of alkyl carbamates (subject to hydrolysis) is 1. The summed E-state index contributed by atoms with van der Waals surface area (Å²) >= 11 is 0. The predicted octanol–water partition coefficient (Wildman–Crippen LogP) is 5.32. The molecule has 1 atom stereocenters. The zero-order valence-corrected chi connectivity index (χ0v) is 22.4. The van der Waals surface area contributed by atoms with Crippen LogP contribution in [-0.4, -0.2) is 28.3 Å². The van der Waals surface area contributed by atoms with E-state index in [9.17, 15) is 14.4 Å². The Bertz CT molecular complexity index is 1170. The molecule has 0 saturated heterocycles. The quantitative estimate of drug-likeness (QED) is 0.377. The van der Waals surface area contributed by atoms with Gasteiger partial charge >= 0.3 is 12.1 Å². The highest BCUT2D eigenvalue weighted by molar-refractivity contribution is 5.90. The summed E-state index contributed by atoms with van der Waals surface area (Å²) in [6.45, 7) is 15.5. The van der Waals surface area contributed by atoms with Gasteiger partial charge < -0.3 is 19.4 Å². The van der Waals surface area contributed by atoms with Crippen molar-refractivity contribution in [3.63, 3.8) is 0 Å². The normalized spacial score (nSPS) is 13.3. The molecule has 1 N–H and O–H groups in total. The summed E-state index contributed by atoms with van der Waals surface area (Å²) in [6.07, 6.45) is 2.40. The minimum absolute atomic E-state index is 0.0468. The number of carbonyl (C=O) groups excluding carboxylic acids is 2. The van der Waals surface area contributed by atoms with Crippen molar-refractivity contribution < 1.29 is 19.1 Å². The van der Waals surface area contributed by atoms with Crippen molar-refractivity contribution >= 4 is 18.1 Å². The first kappa shape index (κ1) is 28.6. The van der Waals surface area contributed by atoms with E-state index in [2.05, 4.69) is 11.9 Å². The summed E-state index contributed by atoms with van der Waals surface area (Å²) in [5.74, 6) is -0.627. The largest absolute Gasteiger partial charge is 0.461 e. The van der Waals surface area contributed by atoms with E-state index in [1.807, 2.05) is 58.0 Å². The molecule has 0 radical (unpaired) electrons. The van der Waals surface area contributed by atoms with E-state index in [0.717, 1.165) is 11.1 Å². The van der Waals surface area contributed by atoms with Crippen LogP contribution in [0.15, 0.2) is 65.5 Å². The highest BCUT2D eigenvalue weighted by Gasteiger charge is 2.47. The van der Waals surface area contributed by atoms with E-state index >= 15 is 0 Å². The van der Waals surface area contributed by atoms with Crippen LogP contribution in [0.4, 0.5) is 4.79 Å². The minimum Gasteiger partial charge on any atom is -0.461 e. The Kier molecular flexibility index (Phi) is 9.45. The molecular weight excluding hydrogens is 456 g/mol. The molecule has 36 heavy (non-hydrogen) atoms. The molecule has 1 aromatic carbocycles. The monoisotopic (exact) mass is 494 g/mol. The molecule has 2 aromatic rings. The molecule has 0 aliphatic carbocycles. The van der Waals surface area contributed by atoms with Crippen LogP contribution in [0, 0.1) is 12.3 Å². The number of pyridine rings is 1. The van der Waals surface area contributed by atoms with Gasteiger partial charge in [0.25, 0.3) is 5.56 Å². The van der Waals surface area contributed by atoms with E-state index in [-0.39, 0.29) is 18.6 Å². The molecule has 7 heteroatoms. The van der Waals surface area contributed by atoms with Crippen LogP contribution in [0.3, 0.4) is 0 Å². The molecule has 0 aliphatic heterocycles. The molecule has 2 rings (SSSR count). The number of hydrogen-bond acceptors (Lipinski definition) is 5. The molecule has 0 aliphatic rings. The lowest BCUT2D eigenvalue weighted by atomic mass is 9.75. The van der Waals surface area contributed by atoms with Crippen molar-refractivity contribution in [3.05, 3.63) is 87.9 Å².